The molecule has 0 aromatic heterocycles. The molecular weight excluding hydrogens is 126 g/mol. The van der Waals surface area contributed by atoms with Crippen molar-refractivity contribution in [3.63, 3.8) is 0 Å². The summed E-state index contributed by atoms with van der Waals surface area (Å²) in [4.78, 5) is 3.99. The van der Waals surface area contributed by atoms with Crippen molar-refractivity contribution >= 4 is 6.34 Å². The Hall–Kier alpha value is -0.990. The van der Waals surface area contributed by atoms with Crippen LogP contribution in [0.1, 0.15) is 27.7 Å². The Morgan fingerprint density at radius 2 is 1.90 bits per heavy atom. The van der Waals surface area contributed by atoms with Crippen LogP contribution in [0.4, 0.5) is 0 Å². The SMILES string of the molecule is CC.CC1=C(C)NNC=N1. The predicted octanol–water partition coefficient (Wildman–Crippen LogP) is 1.40. The molecule has 1 aliphatic rings. The largest absolute Gasteiger partial charge is 0.303 e. The zero-order valence-electron chi connectivity index (χ0n) is 7.02. The van der Waals surface area contributed by atoms with Gasteiger partial charge in [0.15, 0.2) is 0 Å². The first-order valence-electron chi connectivity index (χ1n) is 3.52. The molecule has 10 heavy (non-hydrogen) atoms. The number of allylic oxidation sites excluding steroid dienone is 2. The Morgan fingerprint density at radius 3 is 2.20 bits per heavy atom. The van der Waals surface area contributed by atoms with E-state index in [1.54, 1.807) is 6.34 Å². The lowest BCUT2D eigenvalue weighted by atomic mass is 10.4. The van der Waals surface area contributed by atoms with Gasteiger partial charge in [-0.05, 0) is 13.8 Å². The van der Waals surface area contributed by atoms with Crippen LogP contribution in [-0.4, -0.2) is 6.34 Å². The molecule has 1 aliphatic heterocycles. The van der Waals surface area contributed by atoms with E-state index in [9.17, 15) is 0 Å². The third kappa shape index (κ3) is 2.53. The van der Waals surface area contributed by atoms with Crippen molar-refractivity contribution in [1.29, 1.82) is 0 Å². The lowest BCUT2D eigenvalue weighted by Crippen LogP contribution is -2.31. The van der Waals surface area contributed by atoms with Crippen molar-refractivity contribution in [2.45, 2.75) is 27.7 Å². The van der Waals surface area contributed by atoms with Gasteiger partial charge in [-0.25, -0.2) is 4.99 Å². The third-order valence-electron chi connectivity index (χ3n) is 1.13. The van der Waals surface area contributed by atoms with Gasteiger partial charge in [0.2, 0.25) is 0 Å². The average Bonchev–Trinajstić information content (AvgIpc) is 2.00. The Balaban J connectivity index is 0.000000371. The van der Waals surface area contributed by atoms with Gasteiger partial charge in [-0.1, -0.05) is 13.8 Å². The average molecular weight is 141 g/mol. The quantitative estimate of drug-likeness (QED) is 0.535. The first-order chi connectivity index (χ1) is 4.80. The summed E-state index contributed by atoms with van der Waals surface area (Å²) >= 11 is 0. The van der Waals surface area contributed by atoms with Gasteiger partial charge in [-0.3, -0.25) is 5.43 Å². The number of rotatable bonds is 0. The topological polar surface area (TPSA) is 36.4 Å². The fraction of sp³-hybridized carbons (Fsp3) is 0.571. The Morgan fingerprint density at radius 1 is 1.30 bits per heavy atom. The number of aliphatic imine (C=N–C) groups is 1. The molecule has 0 aliphatic carbocycles. The molecule has 0 atom stereocenters. The van der Waals surface area contributed by atoms with Crippen LogP contribution in [0.5, 0.6) is 0 Å². The molecule has 0 aromatic rings. The minimum Gasteiger partial charge on any atom is -0.303 e. The van der Waals surface area contributed by atoms with Crippen molar-refractivity contribution in [2.75, 3.05) is 0 Å². The van der Waals surface area contributed by atoms with Gasteiger partial charge in [0.05, 0.1) is 5.70 Å². The summed E-state index contributed by atoms with van der Waals surface area (Å²) in [6.07, 6.45) is 1.63. The predicted molar refractivity (Wildman–Crippen MR) is 44.5 cm³/mol. The Bertz CT molecular complexity index is 147. The van der Waals surface area contributed by atoms with Gasteiger partial charge in [0, 0.05) is 5.70 Å². The van der Waals surface area contributed by atoms with Crippen LogP contribution in [0.2, 0.25) is 0 Å². The molecule has 0 aromatic carbocycles. The van der Waals surface area contributed by atoms with E-state index in [2.05, 4.69) is 15.8 Å². The molecule has 58 valence electrons. The molecule has 0 unspecified atom stereocenters. The molecule has 0 saturated carbocycles. The highest BCUT2D eigenvalue weighted by molar-refractivity contribution is 5.57. The van der Waals surface area contributed by atoms with E-state index < -0.39 is 0 Å². The molecule has 0 fully saturated rings. The molecule has 2 N–H and O–H groups in total. The van der Waals surface area contributed by atoms with E-state index in [1.807, 2.05) is 27.7 Å². The van der Waals surface area contributed by atoms with Crippen LogP contribution in [-0.2, 0) is 0 Å². The Labute approximate surface area is 62.2 Å². The molecule has 1 heterocycles. The van der Waals surface area contributed by atoms with Crippen LogP contribution in [0.15, 0.2) is 16.4 Å². The van der Waals surface area contributed by atoms with Crippen LogP contribution >= 0.6 is 0 Å². The molecular formula is C7H15N3. The minimum atomic E-state index is 1.03. The molecule has 0 spiro atoms. The number of nitrogens with zero attached hydrogens (tertiary/aromatic N) is 1. The summed E-state index contributed by atoms with van der Waals surface area (Å²) in [5.41, 5.74) is 7.79. The number of nitrogens with one attached hydrogen (secondary N) is 2. The summed E-state index contributed by atoms with van der Waals surface area (Å²) in [6.45, 7) is 7.93. The van der Waals surface area contributed by atoms with E-state index in [4.69, 9.17) is 0 Å². The zero-order chi connectivity index (χ0) is 7.98. The van der Waals surface area contributed by atoms with Crippen molar-refractivity contribution in [3.05, 3.63) is 11.4 Å². The van der Waals surface area contributed by atoms with Gasteiger partial charge < -0.3 is 5.43 Å². The monoisotopic (exact) mass is 141 g/mol. The van der Waals surface area contributed by atoms with Crippen molar-refractivity contribution in [3.8, 4) is 0 Å². The zero-order valence-corrected chi connectivity index (χ0v) is 7.02. The Kier molecular flexibility index (Phi) is 4.37. The maximum atomic E-state index is 3.99. The summed E-state index contributed by atoms with van der Waals surface area (Å²) < 4.78 is 0. The van der Waals surface area contributed by atoms with Gasteiger partial charge in [0.25, 0.3) is 0 Å². The maximum Gasteiger partial charge on any atom is 0.107 e. The van der Waals surface area contributed by atoms with Crippen LogP contribution in [0.25, 0.3) is 0 Å². The minimum absolute atomic E-state index is 1.03. The van der Waals surface area contributed by atoms with E-state index in [-0.39, 0.29) is 0 Å². The van der Waals surface area contributed by atoms with E-state index >= 15 is 0 Å². The number of hydrogen-bond donors (Lipinski definition) is 2. The lowest BCUT2D eigenvalue weighted by Gasteiger charge is -2.10. The molecule has 0 bridgehead atoms. The fourth-order valence-electron chi connectivity index (χ4n) is 0.457. The lowest BCUT2D eigenvalue weighted by molar-refractivity contribution is 0.744. The molecule has 1 rings (SSSR count). The highest BCUT2D eigenvalue weighted by atomic mass is 15.4. The van der Waals surface area contributed by atoms with Crippen LogP contribution < -0.4 is 10.9 Å². The summed E-state index contributed by atoms with van der Waals surface area (Å²) in [7, 11) is 0. The molecule has 3 nitrogen and oxygen atoms in total. The van der Waals surface area contributed by atoms with Crippen molar-refractivity contribution in [2.24, 2.45) is 4.99 Å². The van der Waals surface area contributed by atoms with Gasteiger partial charge >= 0.3 is 0 Å². The van der Waals surface area contributed by atoms with Gasteiger partial charge in [0.1, 0.15) is 6.34 Å². The molecule has 3 heteroatoms. The molecule has 0 amide bonds. The first-order valence-corrected chi connectivity index (χ1v) is 3.52. The highest BCUT2D eigenvalue weighted by Gasteiger charge is 1.94. The number of hydrazine groups is 1. The van der Waals surface area contributed by atoms with E-state index in [0.717, 1.165) is 11.4 Å². The summed E-state index contributed by atoms with van der Waals surface area (Å²) in [5, 5.41) is 0. The second kappa shape index (κ2) is 4.85. The second-order valence-corrected chi connectivity index (χ2v) is 1.74. The highest BCUT2D eigenvalue weighted by Crippen LogP contribution is 2.00. The normalized spacial score (nSPS) is 14.8. The van der Waals surface area contributed by atoms with Crippen LogP contribution in [0.3, 0.4) is 0 Å². The summed E-state index contributed by atoms with van der Waals surface area (Å²) in [6, 6.07) is 0. The van der Waals surface area contributed by atoms with E-state index in [0.29, 0.717) is 0 Å². The standard InChI is InChI=1S/C5H9N3.C2H6/c1-4-5(2)8-7-3-6-4;1-2/h3,8H,1-2H3,(H,6,7);1-2H3. The van der Waals surface area contributed by atoms with Crippen LogP contribution in [0, 0.1) is 0 Å². The smallest absolute Gasteiger partial charge is 0.107 e. The fourth-order valence-corrected chi connectivity index (χ4v) is 0.457. The summed E-state index contributed by atoms with van der Waals surface area (Å²) in [5.74, 6) is 0. The van der Waals surface area contributed by atoms with E-state index in [1.165, 1.54) is 0 Å². The van der Waals surface area contributed by atoms with Gasteiger partial charge in [-0.15, -0.1) is 0 Å². The first kappa shape index (κ1) is 9.01. The second-order valence-electron chi connectivity index (χ2n) is 1.74. The van der Waals surface area contributed by atoms with Crippen molar-refractivity contribution < 1.29 is 0 Å². The maximum absolute atomic E-state index is 3.99. The number of hydrogen-bond acceptors (Lipinski definition) is 3. The third-order valence-corrected chi connectivity index (χ3v) is 1.13. The van der Waals surface area contributed by atoms with Crippen molar-refractivity contribution in [1.82, 2.24) is 10.9 Å². The molecule has 0 radical (unpaired) electrons. The molecule has 0 saturated heterocycles. The van der Waals surface area contributed by atoms with Gasteiger partial charge in [-0.2, -0.15) is 0 Å².